The van der Waals surface area contributed by atoms with Gasteiger partial charge < -0.3 is 33.4 Å². The van der Waals surface area contributed by atoms with Gasteiger partial charge in [0.2, 0.25) is 11.1 Å². The first-order valence-electron chi connectivity index (χ1n) is 24.2. The van der Waals surface area contributed by atoms with Crippen LogP contribution in [-0.2, 0) is 14.3 Å². The molecule has 5 fully saturated rings. The van der Waals surface area contributed by atoms with E-state index in [0.29, 0.717) is 42.2 Å². The highest BCUT2D eigenvalue weighted by molar-refractivity contribution is 6.64. The van der Waals surface area contributed by atoms with Gasteiger partial charge in [-0.3, -0.25) is 14.5 Å². The normalized spacial score (nSPS) is 20.6. The lowest BCUT2D eigenvalue weighted by Crippen LogP contribution is -2.36. The summed E-state index contributed by atoms with van der Waals surface area (Å²) in [6.45, 7) is 31.0. The summed E-state index contributed by atoms with van der Waals surface area (Å²) in [6, 6.07) is 6.60. The minimum atomic E-state index is -0.475. The van der Waals surface area contributed by atoms with Crippen molar-refractivity contribution in [3.63, 3.8) is 0 Å². The van der Waals surface area contributed by atoms with Crippen LogP contribution in [0.2, 0.25) is 0 Å². The van der Waals surface area contributed by atoms with Crippen LogP contribution in [0.25, 0.3) is 0 Å². The van der Waals surface area contributed by atoms with E-state index < -0.39 is 5.60 Å². The van der Waals surface area contributed by atoms with Gasteiger partial charge in [0.25, 0.3) is 0 Å². The Bertz CT molecular complexity index is 1840. The monoisotopic (exact) mass is 914 g/mol. The number of rotatable bonds is 11. The van der Waals surface area contributed by atoms with Gasteiger partial charge in [-0.1, -0.05) is 77.8 Å². The first kappa shape index (κ1) is 52.9. The van der Waals surface area contributed by atoms with Crippen LogP contribution in [0, 0.1) is 11.8 Å². The number of aromatic nitrogens is 3. The molecule has 3 unspecified atom stereocenters. The Morgan fingerprint density at radius 3 is 1.47 bits per heavy atom. The highest BCUT2D eigenvalue weighted by atomic mass is 35.5. The van der Waals surface area contributed by atoms with Gasteiger partial charge in [0, 0.05) is 60.9 Å². The maximum absolute atomic E-state index is 12.2. The molecule has 8 rings (SSSR count). The number of likely N-dealkylation sites (tertiary alicyclic amines) is 2. The number of hydrogen-bond donors (Lipinski definition) is 1. The minimum Gasteiger partial charge on any atom is -0.444 e. The predicted molar refractivity (Wildman–Crippen MR) is 250 cm³/mol. The summed E-state index contributed by atoms with van der Waals surface area (Å²) in [6.07, 6.45) is 10.3. The van der Waals surface area contributed by atoms with E-state index >= 15 is 0 Å². The summed E-state index contributed by atoms with van der Waals surface area (Å²) in [4.78, 5) is 40.5. The number of carbonyl (C=O) groups excluding carboxylic acids is 3. The Hall–Kier alpha value is -3.75. The van der Waals surface area contributed by atoms with Crippen molar-refractivity contribution in [2.45, 2.75) is 189 Å². The maximum Gasteiger partial charge on any atom is 0.410 e. The number of hydrogen-bond acceptors (Lipinski definition) is 12. The van der Waals surface area contributed by atoms with E-state index in [-0.39, 0.29) is 29.3 Å². The van der Waals surface area contributed by atoms with Crippen molar-refractivity contribution >= 4 is 28.8 Å². The Morgan fingerprint density at radius 1 is 0.688 bits per heavy atom. The third-order valence-corrected chi connectivity index (χ3v) is 12.3. The summed E-state index contributed by atoms with van der Waals surface area (Å²) in [7, 11) is 0. The molecular formula is C49H80ClN7O7. The quantitative estimate of drug-likeness (QED) is 0.182. The van der Waals surface area contributed by atoms with Crippen LogP contribution in [0.3, 0.4) is 0 Å². The first-order valence-corrected chi connectivity index (χ1v) is 24.6. The molecule has 1 N–H and O–H groups in total. The molecule has 15 heteroatoms. The van der Waals surface area contributed by atoms with Crippen LogP contribution in [0.5, 0.6) is 0 Å². The van der Waals surface area contributed by atoms with E-state index in [1.54, 1.807) is 4.90 Å². The second kappa shape index (κ2) is 25.2. The molecule has 5 aliphatic rings. The molecule has 0 radical (unpaired) electrons. The lowest BCUT2D eigenvalue weighted by molar-refractivity contribution is -0.133. The number of amides is 2. The van der Waals surface area contributed by atoms with Crippen molar-refractivity contribution in [2.75, 3.05) is 39.3 Å². The summed E-state index contributed by atoms with van der Waals surface area (Å²) < 4.78 is 21.4. The number of nitrogens with one attached hydrogen (secondary N) is 1. The molecule has 2 amide bonds. The average molecular weight is 915 g/mol. The topological polar surface area (TPSA) is 160 Å². The van der Waals surface area contributed by atoms with Crippen LogP contribution in [0.1, 0.15) is 218 Å². The summed E-state index contributed by atoms with van der Waals surface area (Å²) in [5, 5.41) is 15.6. The van der Waals surface area contributed by atoms with E-state index in [1.165, 1.54) is 32.5 Å². The van der Waals surface area contributed by atoms with E-state index in [0.717, 1.165) is 98.8 Å². The number of ether oxygens (including phenoxy) is 1. The van der Waals surface area contributed by atoms with Gasteiger partial charge >= 0.3 is 6.09 Å². The van der Waals surface area contributed by atoms with Crippen LogP contribution in [0.4, 0.5) is 4.79 Å². The van der Waals surface area contributed by atoms with Crippen molar-refractivity contribution in [2.24, 2.45) is 11.8 Å². The van der Waals surface area contributed by atoms with Crippen LogP contribution < -0.4 is 5.32 Å². The third kappa shape index (κ3) is 16.6. The molecule has 3 atom stereocenters. The fourth-order valence-electron chi connectivity index (χ4n) is 7.64. The second-order valence-corrected chi connectivity index (χ2v) is 19.9. The third-order valence-electron chi connectivity index (χ3n) is 12.0. The Kier molecular flexibility index (Phi) is 20.8. The van der Waals surface area contributed by atoms with E-state index in [4.69, 9.17) is 29.9 Å². The maximum atomic E-state index is 12.2. The second-order valence-electron chi connectivity index (χ2n) is 19.6. The smallest absolute Gasteiger partial charge is 0.410 e. The molecule has 0 bridgehead atoms. The molecular weight excluding hydrogens is 834 g/mol. The van der Waals surface area contributed by atoms with Gasteiger partial charge in [0.15, 0.2) is 0 Å². The summed E-state index contributed by atoms with van der Waals surface area (Å²) >= 11 is 5.04. The van der Waals surface area contributed by atoms with Crippen molar-refractivity contribution in [1.29, 1.82) is 0 Å². The molecule has 2 aliphatic carbocycles. The highest BCUT2D eigenvalue weighted by Gasteiger charge is 2.40. The minimum absolute atomic E-state index is 0.0268. The Labute approximate surface area is 388 Å². The molecule has 6 heterocycles. The standard InChI is InChI=1S/C15H24N2O3.C14H20N2O2.C10H16N2O.C6H15N.C4H5ClO/c1-10(2)13-9-11(16-20-13)12-7-6-8-17(12)14(18)19-15(3,4)5;1-9(2)13-8-11(15-18-13)12-4-3-7-16(12)14(17)10-5-6-10;1-7(2)10-6-9(12-13-10)8-4-3-5-11-8;1-4-7(5-2)6-3;5-4(6)3-1-2-3/h9-10,12H,6-8H2,1-5H3;8-10,12H,3-7H2,1-2H3;6-8,11H,3-5H2,1-2H3;4-6H2,1-3H3;3H,1-2H2. The highest BCUT2D eigenvalue weighted by Crippen LogP contribution is 2.39. The number of nitrogens with zero attached hydrogens (tertiary/aromatic N) is 6. The van der Waals surface area contributed by atoms with Gasteiger partial charge in [0.1, 0.15) is 40.0 Å². The van der Waals surface area contributed by atoms with Crippen molar-refractivity contribution in [1.82, 2.24) is 35.5 Å². The van der Waals surface area contributed by atoms with Gasteiger partial charge in [0.05, 0.1) is 18.1 Å². The molecule has 0 aromatic carbocycles. The fraction of sp³-hybridized carbons (Fsp3) is 0.755. The summed E-state index contributed by atoms with van der Waals surface area (Å²) in [5.74, 6) is 4.69. The van der Waals surface area contributed by atoms with Gasteiger partial charge in [-0.25, -0.2) is 4.79 Å². The SMILES string of the molecule is CC(C)c1cc(C2CCCN2)no1.CC(C)c1cc(C2CCCN2C(=O)C2CC2)no1.CC(C)c1cc(C2CCCN2C(=O)OC(C)(C)C)no1.CCN(CC)CC.O=C(Cl)C1CC1. The zero-order valence-electron chi connectivity index (χ0n) is 41.1. The van der Waals surface area contributed by atoms with Gasteiger partial charge in [-0.2, -0.15) is 0 Å². The van der Waals surface area contributed by atoms with Gasteiger partial charge in [-0.05, 0) is 123 Å². The van der Waals surface area contributed by atoms with Gasteiger partial charge in [-0.15, -0.1) is 0 Å². The predicted octanol–water partition coefficient (Wildman–Crippen LogP) is 11.5. The van der Waals surface area contributed by atoms with Crippen LogP contribution >= 0.6 is 11.6 Å². The average Bonchev–Trinajstić information content (AvgIpc) is 3.74. The van der Waals surface area contributed by atoms with E-state index in [9.17, 15) is 14.4 Å². The lowest BCUT2D eigenvalue weighted by Gasteiger charge is -2.27. The molecule has 0 spiro atoms. The Morgan fingerprint density at radius 2 is 1.12 bits per heavy atom. The van der Waals surface area contributed by atoms with Crippen molar-refractivity contribution < 1.29 is 32.7 Å². The van der Waals surface area contributed by atoms with Crippen LogP contribution in [0.15, 0.2) is 31.8 Å². The zero-order valence-corrected chi connectivity index (χ0v) is 41.8. The molecule has 14 nitrogen and oxygen atoms in total. The number of carbonyl (C=O) groups is 3. The van der Waals surface area contributed by atoms with Crippen molar-refractivity contribution in [3.8, 4) is 0 Å². The molecule has 3 aliphatic heterocycles. The number of halogens is 1. The first-order chi connectivity index (χ1) is 30.4. The van der Waals surface area contributed by atoms with E-state index in [1.807, 2.05) is 37.8 Å². The fourth-order valence-corrected chi connectivity index (χ4v) is 7.86. The molecule has 3 aromatic heterocycles. The molecule has 3 saturated heterocycles. The van der Waals surface area contributed by atoms with E-state index in [2.05, 4.69) is 94.1 Å². The summed E-state index contributed by atoms with van der Waals surface area (Å²) in [5.41, 5.74) is 2.36. The zero-order chi connectivity index (χ0) is 47.1. The Balaban J connectivity index is 0.000000187. The molecule has 360 valence electrons. The largest absolute Gasteiger partial charge is 0.444 e. The molecule has 3 aromatic rings. The molecule has 64 heavy (non-hydrogen) atoms. The molecule has 2 saturated carbocycles. The lowest BCUT2D eigenvalue weighted by atomic mass is 10.1. The van der Waals surface area contributed by atoms with Crippen LogP contribution in [-0.4, -0.2) is 92.3 Å². The van der Waals surface area contributed by atoms with Crippen molar-refractivity contribution in [3.05, 3.63) is 52.6 Å².